The van der Waals surface area contributed by atoms with E-state index in [2.05, 4.69) is 10.5 Å². The Kier molecular flexibility index (Phi) is 6.27. The molecule has 0 aliphatic rings. The maximum atomic E-state index is 12.1. The average molecular weight is 376 g/mol. The number of nitrogens with one attached hydrogen (secondary N) is 1. The van der Waals surface area contributed by atoms with E-state index in [1.807, 2.05) is 68.4 Å². The van der Waals surface area contributed by atoms with Crippen molar-refractivity contribution >= 4 is 22.9 Å². The van der Waals surface area contributed by atoms with Gasteiger partial charge in [0.25, 0.3) is 0 Å². The fraction of sp³-hybridized carbons (Fsp3) is 0.217. The minimum Gasteiger partial charge on any atom is -0.507 e. The van der Waals surface area contributed by atoms with Crippen LogP contribution >= 0.6 is 0 Å². The Hall–Kier alpha value is -3.34. The number of rotatable bonds is 7. The van der Waals surface area contributed by atoms with E-state index in [0.717, 1.165) is 22.1 Å². The second-order valence-corrected chi connectivity index (χ2v) is 6.82. The highest BCUT2D eigenvalue weighted by Gasteiger charge is 2.05. The molecule has 0 saturated carbocycles. The Morgan fingerprint density at radius 3 is 2.61 bits per heavy atom. The highest BCUT2D eigenvalue weighted by Crippen LogP contribution is 2.25. The van der Waals surface area contributed by atoms with Crippen LogP contribution in [0.15, 0.2) is 65.8 Å². The van der Waals surface area contributed by atoms with Crippen molar-refractivity contribution in [3.8, 4) is 11.5 Å². The van der Waals surface area contributed by atoms with Crippen molar-refractivity contribution < 1.29 is 14.6 Å². The molecule has 0 fully saturated rings. The molecule has 0 atom stereocenters. The molecule has 28 heavy (non-hydrogen) atoms. The van der Waals surface area contributed by atoms with Gasteiger partial charge in [-0.3, -0.25) is 4.79 Å². The smallest absolute Gasteiger partial charge is 0.240 e. The van der Waals surface area contributed by atoms with E-state index in [4.69, 9.17) is 4.74 Å². The lowest BCUT2D eigenvalue weighted by Crippen LogP contribution is -2.17. The summed E-state index contributed by atoms with van der Waals surface area (Å²) in [6.07, 6.45) is 2.55. The third kappa shape index (κ3) is 5.10. The maximum Gasteiger partial charge on any atom is 0.240 e. The summed E-state index contributed by atoms with van der Waals surface area (Å²) < 4.78 is 5.61. The van der Waals surface area contributed by atoms with Crippen molar-refractivity contribution in [2.45, 2.75) is 32.8 Å². The van der Waals surface area contributed by atoms with Crippen LogP contribution in [0.25, 0.3) is 10.8 Å². The molecule has 5 nitrogen and oxygen atoms in total. The van der Waals surface area contributed by atoms with Crippen molar-refractivity contribution in [3.63, 3.8) is 0 Å². The van der Waals surface area contributed by atoms with Gasteiger partial charge in [0, 0.05) is 12.0 Å². The van der Waals surface area contributed by atoms with Gasteiger partial charge in [0.15, 0.2) is 0 Å². The van der Waals surface area contributed by atoms with Crippen molar-refractivity contribution in [2.24, 2.45) is 5.10 Å². The molecule has 3 aromatic rings. The Morgan fingerprint density at radius 1 is 1.11 bits per heavy atom. The van der Waals surface area contributed by atoms with Crippen LogP contribution < -0.4 is 10.2 Å². The molecule has 0 aromatic heterocycles. The number of benzene rings is 3. The molecule has 144 valence electrons. The van der Waals surface area contributed by atoms with Gasteiger partial charge in [0.05, 0.1) is 12.3 Å². The predicted octanol–water partition coefficient (Wildman–Crippen LogP) is 4.42. The first kappa shape index (κ1) is 19.4. The van der Waals surface area contributed by atoms with E-state index in [9.17, 15) is 9.90 Å². The predicted molar refractivity (Wildman–Crippen MR) is 112 cm³/mol. The minimum absolute atomic E-state index is 0.125. The summed E-state index contributed by atoms with van der Waals surface area (Å²) in [7, 11) is 0. The van der Waals surface area contributed by atoms with Crippen LogP contribution in [0.2, 0.25) is 0 Å². The molecular formula is C23H24N2O3. The molecule has 0 aliphatic heterocycles. The molecule has 3 rings (SSSR count). The van der Waals surface area contributed by atoms with E-state index < -0.39 is 0 Å². The molecule has 1 amide bonds. The number of phenolic OH excluding ortho intramolecular Hbond substituents is 1. The van der Waals surface area contributed by atoms with Gasteiger partial charge in [-0.1, -0.05) is 42.5 Å². The standard InChI is InChI=1S/C23H24N2O3/c1-16(2)28-19-11-7-17(8-12-19)9-14-23(27)25-24-15-21-20-6-4-3-5-18(20)10-13-22(21)26/h3-8,10-13,15-16,26H,9,14H2,1-2H3,(H,25,27). The van der Waals surface area contributed by atoms with E-state index in [1.165, 1.54) is 6.21 Å². The summed E-state index contributed by atoms with van der Waals surface area (Å²) in [5, 5.41) is 16.0. The van der Waals surface area contributed by atoms with E-state index in [-0.39, 0.29) is 17.8 Å². The van der Waals surface area contributed by atoms with Crippen LogP contribution in [0.3, 0.4) is 0 Å². The van der Waals surface area contributed by atoms with Crippen LogP contribution in [-0.4, -0.2) is 23.3 Å². The molecule has 0 bridgehead atoms. The number of amides is 1. The van der Waals surface area contributed by atoms with Gasteiger partial charge < -0.3 is 9.84 Å². The first-order chi connectivity index (χ1) is 13.5. The first-order valence-electron chi connectivity index (χ1n) is 9.31. The Morgan fingerprint density at radius 2 is 1.86 bits per heavy atom. The SMILES string of the molecule is CC(C)Oc1ccc(CCC(=O)NN=Cc2c(O)ccc3ccccc23)cc1. The highest BCUT2D eigenvalue weighted by atomic mass is 16.5. The first-order valence-corrected chi connectivity index (χ1v) is 9.31. The number of ether oxygens (including phenoxy) is 1. The lowest BCUT2D eigenvalue weighted by Gasteiger charge is -2.10. The molecule has 0 heterocycles. The highest BCUT2D eigenvalue weighted by molar-refractivity contribution is 6.02. The summed E-state index contributed by atoms with van der Waals surface area (Å²) in [6, 6.07) is 18.9. The number of hydrogen-bond donors (Lipinski definition) is 2. The average Bonchev–Trinajstić information content (AvgIpc) is 2.69. The van der Waals surface area contributed by atoms with Gasteiger partial charge in [-0.05, 0) is 54.8 Å². The summed E-state index contributed by atoms with van der Waals surface area (Å²) in [5.41, 5.74) is 4.17. The zero-order valence-electron chi connectivity index (χ0n) is 16.1. The largest absolute Gasteiger partial charge is 0.507 e. The lowest BCUT2D eigenvalue weighted by atomic mass is 10.0. The molecule has 5 heteroatoms. The van der Waals surface area contributed by atoms with Crippen molar-refractivity contribution in [2.75, 3.05) is 0 Å². The number of fused-ring (bicyclic) bond motifs is 1. The van der Waals surface area contributed by atoms with Gasteiger partial charge in [-0.2, -0.15) is 5.10 Å². The molecule has 0 spiro atoms. The normalized spacial score (nSPS) is 11.2. The molecule has 3 aromatic carbocycles. The van der Waals surface area contributed by atoms with Gasteiger partial charge in [-0.15, -0.1) is 0 Å². The summed E-state index contributed by atoms with van der Waals surface area (Å²) >= 11 is 0. The zero-order chi connectivity index (χ0) is 19.9. The molecule has 2 N–H and O–H groups in total. The van der Waals surface area contributed by atoms with Gasteiger partial charge in [-0.25, -0.2) is 5.43 Å². The number of carbonyl (C=O) groups is 1. The fourth-order valence-electron chi connectivity index (χ4n) is 2.91. The van der Waals surface area contributed by atoms with Gasteiger partial charge in [0.2, 0.25) is 5.91 Å². The third-order valence-electron chi connectivity index (χ3n) is 4.27. The monoisotopic (exact) mass is 376 g/mol. The third-order valence-corrected chi connectivity index (χ3v) is 4.27. The molecule has 0 saturated heterocycles. The van der Waals surface area contributed by atoms with Crippen molar-refractivity contribution in [3.05, 3.63) is 71.8 Å². The van der Waals surface area contributed by atoms with Crippen LogP contribution in [0.4, 0.5) is 0 Å². The molecule has 0 unspecified atom stereocenters. The number of nitrogens with zero attached hydrogens (tertiary/aromatic N) is 1. The Balaban J connectivity index is 1.55. The molecule has 0 radical (unpaired) electrons. The Bertz CT molecular complexity index is 979. The number of aryl methyl sites for hydroxylation is 1. The number of carbonyl (C=O) groups excluding carboxylic acids is 1. The van der Waals surface area contributed by atoms with E-state index in [0.29, 0.717) is 18.4 Å². The minimum atomic E-state index is -0.182. The van der Waals surface area contributed by atoms with Crippen LogP contribution in [0.1, 0.15) is 31.4 Å². The molecular weight excluding hydrogens is 352 g/mol. The van der Waals surface area contributed by atoms with Crippen molar-refractivity contribution in [1.82, 2.24) is 5.43 Å². The van der Waals surface area contributed by atoms with Crippen LogP contribution in [-0.2, 0) is 11.2 Å². The summed E-state index contributed by atoms with van der Waals surface area (Å²) in [6.45, 7) is 3.97. The maximum absolute atomic E-state index is 12.1. The second-order valence-electron chi connectivity index (χ2n) is 6.82. The van der Waals surface area contributed by atoms with Gasteiger partial charge in [0.1, 0.15) is 11.5 Å². The van der Waals surface area contributed by atoms with Crippen LogP contribution in [0.5, 0.6) is 11.5 Å². The number of aromatic hydroxyl groups is 1. The summed E-state index contributed by atoms with van der Waals surface area (Å²) in [5.74, 6) is 0.765. The second kappa shape index (κ2) is 9.04. The summed E-state index contributed by atoms with van der Waals surface area (Å²) in [4.78, 5) is 12.1. The van der Waals surface area contributed by atoms with E-state index >= 15 is 0 Å². The van der Waals surface area contributed by atoms with Gasteiger partial charge >= 0.3 is 0 Å². The topological polar surface area (TPSA) is 70.9 Å². The Labute approximate surface area is 164 Å². The van der Waals surface area contributed by atoms with Crippen LogP contribution in [0, 0.1) is 0 Å². The quantitative estimate of drug-likeness (QED) is 0.474. The number of phenols is 1. The molecule has 0 aliphatic carbocycles. The zero-order valence-corrected chi connectivity index (χ0v) is 16.1. The fourth-order valence-corrected chi connectivity index (χ4v) is 2.91. The lowest BCUT2D eigenvalue weighted by molar-refractivity contribution is -0.121. The number of hydrogen-bond acceptors (Lipinski definition) is 4. The van der Waals surface area contributed by atoms with Crippen molar-refractivity contribution in [1.29, 1.82) is 0 Å². The number of hydrazone groups is 1. The van der Waals surface area contributed by atoms with E-state index in [1.54, 1.807) is 6.07 Å².